The molecule has 3 aromatic rings. The first-order chi connectivity index (χ1) is 13.4. The van der Waals surface area contributed by atoms with Gasteiger partial charge >= 0.3 is 0 Å². The van der Waals surface area contributed by atoms with E-state index in [1.807, 2.05) is 30.3 Å². The maximum absolute atomic E-state index is 11.9. The van der Waals surface area contributed by atoms with Crippen molar-refractivity contribution in [3.8, 4) is 17.1 Å². The van der Waals surface area contributed by atoms with Crippen LogP contribution in [0.4, 0.5) is 0 Å². The van der Waals surface area contributed by atoms with Crippen molar-refractivity contribution in [3.05, 3.63) is 72.7 Å². The maximum Gasteiger partial charge on any atom is 0.277 e. The first-order valence-electron chi connectivity index (χ1n) is 7.87. The average molecular weight is 591 g/mol. The second-order valence-electron chi connectivity index (χ2n) is 5.49. The van der Waals surface area contributed by atoms with Crippen LogP contribution in [0.3, 0.4) is 0 Å². The van der Waals surface area contributed by atoms with Gasteiger partial charge in [0.15, 0.2) is 6.61 Å². The van der Waals surface area contributed by atoms with E-state index >= 15 is 0 Å². The molecule has 0 atom stereocenters. The highest BCUT2D eigenvalue weighted by atomic mass is 79.9. The minimum Gasteiger partial charge on any atom is -0.481 e. The summed E-state index contributed by atoms with van der Waals surface area (Å²) in [5, 5.41) is 4.54. The van der Waals surface area contributed by atoms with Crippen molar-refractivity contribution >= 4 is 71.5 Å². The first kappa shape index (κ1) is 21.1. The highest BCUT2D eigenvalue weighted by molar-refractivity contribution is 9.11. The molecule has 5 nitrogen and oxygen atoms in total. The Hall–Kier alpha value is -1.61. The maximum atomic E-state index is 11.9. The van der Waals surface area contributed by atoms with Gasteiger partial charge in [-0.05, 0) is 80.4 Å². The molecule has 0 unspecified atom stereocenters. The number of benzene rings is 2. The zero-order chi connectivity index (χ0) is 20.1. The SMILES string of the molecule is O=C(COc1c(Br)cc(Br)cc1Br)N/N=C\c1ccc(-c2ccc(Cl)cc2)o1. The van der Waals surface area contributed by atoms with Crippen LogP contribution in [0.25, 0.3) is 11.3 Å². The smallest absolute Gasteiger partial charge is 0.277 e. The summed E-state index contributed by atoms with van der Waals surface area (Å²) in [6, 6.07) is 14.5. The Labute approximate surface area is 191 Å². The van der Waals surface area contributed by atoms with E-state index in [-0.39, 0.29) is 6.61 Å². The lowest BCUT2D eigenvalue weighted by Crippen LogP contribution is -2.24. The third-order valence-corrected chi connectivity index (χ3v) is 5.34. The van der Waals surface area contributed by atoms with Gasteiger partial charge in [-0.15, -0.1) is 0 Å². The molecule has 2 aromatic carbocycles. The van der Waals surface area contributed by atoms with Gasteiger partial charge in [-0.25, -0.2) is 5.43 Å². The second-order valence-corrected chi connectivity index (χ2v) is 8.55. The normalized spacial score (nSPS) is 11.0. The molecule has 0 aliphatic rings. The van der Waals surface area contributed by atoms with Crippen molar-refractivity contribution in [1.82, 2.24) is 5.43 Å². The number of carbonyl (C=O) groups is 1. The monoisotopic (exact) mass is 588 g/mol. The van der Waals surface area contributed by atoms with Gasteiger partial charge in [-0.3, -0.25) is 4.79 Å². The van der Waals surface area contributed by atoms with E-state index in [1.54, 1.807) is 18.2 Å². The van der Waals surface area contributed by atoms with Crippen LogP contribution >= 0.6 is 59.4 Å². The van der Waals surface area contributed by atoms with Crippen LogP contribution < -0.4 is 10.2 Å². The van der Waals surface area contributed by atoms with E-state index in [1.165, 1.54) is 6.21 Å². The zero-order valence-electron chi connectivity index (χ0n) is 14.1. The first-order valence-corrected chi connectivity index (χ1v) is 10.6. The molecular weight excluding hydrogens is 579 g/mol. The predicted octanol–water partition coefficient (Wildman–Crippen LogP) is 6.42. The largest absolute Gasteiger partial charge is 0.481 e. The van der Waals surface area contributed by atoms with E-state index in [0.717, 1.165) is 19.0 Å². The number of hydrogen-bond acceptors (Lipinski definition) is 4. The molecule has 3 rings (SSSR count). The Morgan fingerprint density at radius 2 is 1.79 bits per heavy atom. The molecule has 1 N–H and O–H groups in total. The molecule has 28 heavy (non-hydrogen) atoms. The molecule has 1 heterocycles. The van der Waals surface area contributed by atoms with Crippen molar-refractivity contribution in [2.75, 3.05) is 6.61 Å². The molecule has 0 bridgehead atoms. The predicted molar refractivity (Wildman–Crippen MR) is 120 cm³/mol. The van der Waals surface area contributed by atoms with Crippen LogP contribution in [-0.4, -0.2) is 18.7 Å². The van der Waals surface area contributed by atoms with Crippen LogP contribution in [0.2, 0.25) is 5.02 Å². The summed E-state index contributed by atoms with van der Waals surface area (Å²) >= 11 is 16.0. The number of halogens is 4. The lowest BCUT2D eigenvalue weighted by Gasteiger charge is -2.09. The number of rotatable bonds is 6. The van der Waals surface area contributed by atoms with Crippen LogP contribution in [0.15, 0.2) is 71.5 Å². The number of nitrogens with one attached hydrogen (secondary N) is 1. The number of furan rings is 1. The number of ether oxygens (including phenoxy) is 1. The Kier molecular flexibility index (Phi) is 7.34. The van der Waals surface area contributed by atoms with Gasteiger partial charge in [-0.1, -0.05) is 27.5 Å². The van der Waals surface area contributed by atoms with Crippen molar-refractivity contribution in [2.24, 2.45) is 5.10 Å². The number of nitrogens with zero attached hydrogens (tertiary/aromatic N) is 1. The van der Waals surface area contributed by atoms with Gasteiger partial charge in [0.2, 0.25) is 0 Å². The number of carbonyl (C=O) groups excluding carboxylic acids is 1. The summed E-state index contributed by atoms with van der Waals surface area (Å²) in [6.45, 7) is -0.190. The molecule has 1 amide bonds. The number of hydrogen-bond donors (Lipinski definition) is 1. The number of hydrazone groups is 1. The summed E-state index contributed by atoms with van der Waals surface area (Å²) in [6.07, 6.45) is 1.42. The molecule has 9 heteroatoms. The summed E-state index contributed by atoms with van der Waals surface area (Å²) in [5.74, 6) is 1.31. The fraction of sp³-hybridized carbons (Fsp3) is 0.0526. The highest BCUT2D eigenvalue weighted by Crippen LogP contribution is 2.36. The van der Waals surface area contributed by atoms with Crippen LogP contribution in [0, 0.1) is 0 Å². The minimum absolute atomic E-state index is 0.190. The molecule has 0 spiro atoms. The minimum atomic E-state index is -0.401. The summed E-state index contributed by atoms with van der Waals surface area (Å²) in [4.78, 5) is 11.9. The van der Waals surface area contributed by atoms with Crippen molar-refractivity contribution in [1.29, 1.82) is 0 Å². The van der Waals surface area contributed by atoms with Crippen LogP contribution in [0.5, 0.6) is 5.75 Å². The lowest BCUT2D eigenvalue weighted by molar-refractivity contribution is -0.123. The Morgan fingerprint density at radius 3 is 2.46 bits per heavy atom. The molecule has 0 aliphatic heterocycles. The Bertz CT molecular complexity index is 997. The zero-order valence-corrected chi connectivity index (χ0v) is 19.6. The van der Waals surface area contributed by atoms with Gasteiger partial charge in [0.25, 0.3) is 5.91 Å². The highest BCUT2D eigenvalue weighted by Gasteiger charge is 2.10. The quantitative estimate of drug-likeness (QED) is 0.266. The molecule has 0 aliphatic carbocycles. The van der Waals surface area contributed by atoms with E-state index in [4.69, 9.17) is 20.8 Å². The fourth-order valence-electron chi connectivity index (χ4n) is 2.20. The van der Waals surface area contributed by atoms with Gasteiger partial charge in [0.1, 0.15) is 17.3 Å². The van der Waals surface area contributed by atoms with Gasteiger partial charge in [-0.2, -0.15) is 5.10 Å². The van der Waals surface area contributed by atoms with Gasteiger partial charge in [0, 0.05) is 15.1 Å². The third-order valence-electron chi connectivity index (χ3n) is 3.45. The molecular formula is C19H12Br3ClN2O3. The number of amides is 1. The molecule has 0 fully saturated rings. The van der Waals surface area contributed by atoms with Crippen LogP contribution in [0.1, 0.15) is 5.76 Å². The van der Waals surface area contributed by atoms with E-state index in [9.17, 15) is 4.79 Å². The molecule has 144 valence electrons. The van der Waals surface area contributed by atoms with E-state index in [2.05, 4.69) is 58.3 Å². The standard InChI is InChI=1S/C19H12Br3ClN2O3/c20-12-7-15(21)19(16(22)8-12)27-10-18(26)25-24-9-14-5-6-17(28-14)11-1-3-13(23)4-2-11/h1-9H,10H2,(H,25,26)/b24-9-. The van der Waals surface area contributed by atoms with Gasteiger partial charge < -0.3 is 9.15 Å². The van der Waals surface area contributed by atoms with E-state index in [0.29, 0.717) is 22.3 Å². The topological polar surface area (TPSA) is 63.8 Å². The fourth-order valence-corrected chi connectivity index (χ4v) is 4.81. The van der Waals surface area contributed by atoms with Crippen molar-refractivity contribution in [3.63, 3.8) is 0 Å². The lowest BCUT2D eigenvalue weighted by atomic mass is 10.2. The summed E-state index contributed by atoms with van der Waals surface area (Å²) < 4.78 is 13.5. The van der Waals surface area contributed by atoms with Crippen molar-refractivity contribution in [2.45, 2.75) is 0 Å². The van der Waals surface area contributed by atoms with E-state index < -0.39 is 5.91 Å². The second kappa shape index (κ2) is 9.73. The van der Waals surface area contributed by atoms with Gasteiger partial charge in [0.05, 0.1) is 15.2 Å². The van der Waals surface area contributed by atoms with Crippen molar-refractivity contribution < 1.29 is 13.9 Å². The summed E-state index contributed by atoms with van der Waals surface area (Å²) in [7, 11) is 0. The molecule has 0 radical (unpaired) electrons. The molecule has 1 aromatic heterocycles. The summed E-state index contributed by atoms with van der Waals surface area (Å²) in [5.41, 5.74) is 3.29. The Morgan fingerprint density at radius 1 is 1.11 bits per heavy atom. The molecule has 0 saturated carbocycles. The van der Waals surface area contributed by atoms with Crippen LogP contribution in [-0.2, 0) is 4.79 Å². The molecule has 0 saturated heterocycles. The Balaban J connectivity index is 1.54. The average Bonchev–Trinajstić information content (AvgIpc) is 3.10. The third kappa shape index (κ3) is 5.70.